The van der Waals surface area contributed by atoms with Gasteiger partial charge in [0.15, 0.2) is 0 Å². The number of furan rings is 1. The monoisotopic (exact) mass is 375 g/mol. The van der Waals surface area contributed by atoms with Gasteiger partial charge in [0.25, 0.3) is 0 Å². The molecule has 1 aromatic heterocycles. The zero-order chi connectivity index (χ0) is 19.3. The molecule has 1 saturated heterocycles. The van der Waals surface area contributed by atoms with Crippen LogP contribution in [0.3, 0.4) is 0 Å². The first kappa shape index (κ1) is 20.3. The topological polar surface area (TPSA) is 57.0 Å². The maximum atomic E-state index is 12.8. The van der Waals surface area contributed by atoms with Crippen LogP contribution in [-0.4, -0.2) is 73.0 Å². The van der Waals surface area contributed by atoms with E-state index in [1.165, 1.54) is 12.3 Å². The summed E-state index contributed by atoms with van der Waals surface area (Å²) in [5.74, 6) is -0.341. The highest BCUT2D eigenvalue weighted by molar-refractivity contribution is 5.79. The number of carbonyl (C=O) groups excluding carboxylic acids is 2. The Hall–Kier alpha value is -2.03. The van der Waals surface area contributed by atoms with Crippen molar-refractivity contribution in [3.05, 3.63) is 24.2 Å². The highest BCUT2D eigenvalue weighted by atomic mass is 19.4. The van der Waals surface area contributed by atoms with Gasteiger partial charge in [-0.3, -0.25) is 14.5 Å². The lowest BCUT2D eigenvalue weighted by Crippen LogP contribution is -2.47. The van der Waals surface area contributed by atoms with E-state index in [4.69, 9.17) is 4.42 Å². The van der Waals surface area contributed by atoms with E-state index < -0.39 is 18.6 Å². The van der Waals surface area contributed by atoms with Crippen molar-refractivity contribution in [2.45, 2.75) is 25.6 Å². The number of piperidine rings is 1. The number of hydrogen-bond acceptors (Lipinski definition) is 4. The number of rotatable bonds is 6. The summed E-state index contributed by atoms with van der Waals surface area (Å²) >= 11 is 0. The Kier molecular flexibility index (Phi) is 6.69. The van der Waals surface area contributed by atoms with Crippen molar-refractivity contribution in [3.8, 4) is 0 Å². The number of amides is 2. The first-order chi connectivity index (χ1) is 12.2. The Morgan fingerprint density at radius 1 is 1.27 bits per heavy atom. The number of halogens is 3. The molecule has 0 unspecified atom stereocenters. The first-order valence-electron chi connectivity index (χ1n) is 8.46. The summed E-state index contributed by atoms with van der Waals surface area (Å²) < 4.78 is 43.5. The summed E-state index contributed by atoms with van der Waals surface area (Å²) in [7, 11) is 3.39. The van der Waals surface area contributed by atoms with E-state index in [1.807, 2.05) is 0 Å². The van der Waals surface area contributed by atoms with Crippen LogP contribution >= 0.6 is 0 Å². The third kappa shape index (κ3) is 6.05. The lowest BCUT2D eigenvalue weighted by Gasteiger charge is -2.33. The molecule has 2 amide bonds. The van der Waals surface area contributed by atoms with E-state index in [-0.39, 0.29) is 24.9 Å². The Morgan fingerprint density at radius 2 is 1.92 bits per heavy atom. The van der Waals surface area contributed by atoms with E-state index in [2.05, 4.69) is 0 Å². The van der Waals surface area contributed by atoms with Crippen molar-refractivity contribution in [2.75, 3.05) is 40.3 Å². The Balaban J connectivity index is 1.91. The van der Waals surface area contributed by atoms with Gasteiger partial charge < -0.3 is 14.2 Å². The molecule has 146 valence electrons. The molecule has 0 saturated carbocycles. The molecule has 26 heavy (non-hydrogen) atoms. The molecular formula is C17H24F3N3O3. The van der Waals surface area contributed by atoms with Gasteiger partial charge in [-0.2, -0.15) is 13.2 Å². The van der Waals surface area contributed by atoms with E-state index in [0.717, 1.165) is 4.90 Å². The van der Waals surface area contributed by atoms with Crippen molar-refractivity contribution in [1.29, 1.82) is 0 Å². The second kappa shape index (κ2) is 8.57. The predicted molar refractivity (Wildman–Crippen MR) is 88.0 cm³/mol. The molecule has 2 rings (SSSR count). The standard InChI is InChI=1S/C17H24F3N3O3/c1-21(2)16(25)13-5-7-22(8-6-13)11-15(24)23(12-17(18,19)20)10-14-4-3-9-26-14/h3-4,9,13H,5-8,10-12H2,1-2H3. The molecule has 1 aromatic rings. The summed E-state index contributed by atoms with van der Waals surface area (Å²) in [5, 5.41) is 0. The summed E-state index contributed by atoms with van der Waals surface area (Å²) in [6.45, 7) is -0.615. The quantitative estimate of drug-likeness (QED) is 0.763. The van der Waals surface area contributed by atoms with Crippen LogP contribution in [0.4, 0.5) is 13.2 Å². The zero-order valence-corrected chi connectivity index (χ0v) is 15.0. The summed E-state index contributed by atoms with van der Waals surface area (Å²) in [4.78, 5) is 28.5. The van der Waals surface area contributed by atoms with E-state index in [0.29, 0.717) is 31.7 Å². The largest absolute Gasteiger partial charge is 0.467 e. The van der Waals surface area contributed by atoms with Gasteiger partial charge in [0, 0.05) is 20.0 Å². The van der Waals surface area contributed by atoms with Crippen LogP contribution in [0.5, 0.6) is 0 Å². The van der Waals surface area contributed by atoms with Gasteiger partial charge in [0.1, 0.15) is 12.3 Å². The highest BCUT2D eigenvalue weighted by Crippen LogP contribution is 2.21. The minimum absolute atomic E-state index is 0.0486. The number of likely N-dealkylation sites (tertiary alicyclic amines) is 1. The maximum Gasteiger partial charge on any atom is 0.406 e. The summed E-state index contributed by atoms with van der Waals surface area (Å²) in [6, 6.07) is 3.10. The van der Waals surface area contributed by atoms with Crippen LogP contribution in [0.25, 0.3) is 0 Å². The minimum atomic E-state index is -4.48. The minimum Gasteiger partial charge on any atom is -0.467 e. The second-order valence-corrected chi connectivity index (χ2v) is 6.73. The maximum absolute atomic E-state index is 12.8. The van der Waals surface area contributed by atoms with Crippen LogP contribution in [0.2, 0.25) is 0 Å². The van der Waals surface area contributed by atoms with Gasteiger partial charge in [-0.15, -0.1) is 0 Å². The van der Waals surface area contributed by atoms with E-state index in [9.17, 15) is 22.8 Å². The third-order valence-corrected chi connectivity index (χ3v) is 4.39. The fraction of sp³-hybridized carbons (Fsp3) is 0.647. The molecule has 0 radical (unpaired) electrons. The molecule has 1 aliphatic heterocycles. The molecule has 9 heteroatoms. The van der Waals surface area contributed by atoms with Gasteiger partial charge in [0.2, 0.25) is 11.8 Å². The Bertz CT molecular complexity index is 594. The molecule has 1 aliphatic rings. The van der Waals surface area contributed by atoms with E-state index >= 15 is 0 Å². The Morgan fingerprint density at radius 3 is 2.42 bits per heavy atom. The van der Waals surface area contributed by atoms with Crippen molar-refractivity contribution in [1.82, 2.24) is 14.7 Å². The number of alkyl halides is 3. The fourth-order valence-electron chi connectivity index (χ4n) is 3.03. The van der Waals surface area contributed by atoms with Crippen LogP contribution in [0.1, 0.15) is 18.6 Å². The SMILES string of the molecule is CN(C)C(=O)C1CCN(CC(=O)N(Cc2ccco2)CC(F)(F)F)CC1. The van der Waals surface area contributed by atoms with Crippen molar-refractivity contribution >= 4 is 11.8 Å². The molecule has 0 spiro atoms. The van der Waals surface area contributed by atoms with Crippen molar-refractivity contribution in [2.24, 2.45) is 5.92 Å². The average Bonchev–Trinajstić information content (AvgIpc) is 3.06. The second-order valence-electron chi connectivity index (χ2n) is 6.73. The van der Waals surface area contributed by atoms with Crippen LogP contribution < -0.4 is 0 Å². The van der Waals surface area contributed by atoms with Crippen LogP contribution in [0.15, 0.2) is 22.8 Å². The van der Waals surface area contributed by atoms with Gasteiger partial charge in [-0.25, -0.2) is 0 Å². The number of hydrogen-bond donors (Lipinski definition) is 0. The zero-order valence-electron chi connectivity index (χ0n) is 15.0. The molecular weight excluding hydrogens is 351 g/mol. The molecule has 6 nitrogen and oxygen atoms in total. The molecule has 0 bridgehead atoms. The smallest absolute Gasteiger partial charge is 0.406 e. The van der Waals surface area contributed by atoms with Gasteiger partial charge >= 0.3 is 6.18 Å². The van der Waals surface area contributed by atoms with Crippen molar-refractivity contribution in [3.63, 3.8) is 0 Å². The normalized spacial score (nSPS) is 16.5. The molecule has 1 fully saturated rings. The van der Waals surface area contributed by atoms with Gasteiger partial charge in [-0.05, 0) is 38.1 Å². The summed E-state index contributed by atoms with van der Waals surface area (Å²) in [6.07, 6.45) is -1.92. The molecule has 2 heterocycles. The average molecular weight is 375 g/mol. The highest BCUT2D eigenvalue weighted by Gasteiger charge is 2.34. The predicted octanol–water partition coefficient (Wildman–Crippen LogP) is 1.97. The fourth-order valence-corrected chi connectivity index (χ4v) is 3.03. The van der Waals surface area contributed by atoms with Crippen LogP contribution in [0, 0.1) is 5.92 Å². The summed E-state index contributed by atoms with van der Waals surface area (Å²) in [5.41, 5.74) is 0. The molecule has 0 N–H and O–H groups in total. The van der Waals surface area contributed by atoms with Gasteiger partial charge in [0.05, 0.1) is 19.4 Å². The molecule has 0 aliphatic carbocycles. The lowest BCUT2D eigenvalue weighted by molar-refractivity contribution is -0.163. The lowest BCUT2D eigenvalue weighted by atomic mass is 9.95. The van der Waals surface area contributed by atoms with Gasteiger partial charge in [-0.1, -0.05) is 0 Å². The number of nitrogens with zero attached hydrogens (tertiary/aromatic N) is 3. The molecule has 0 atom stereocenters. The Labute approximate surface area is 150 Å². The first-order valence-corrected chi connectivity index (χ1v) is 8.46. The third-order valence-electron chi connectivity index (χ3n) is 4.39. The van der Waals surface area contributed by atoms with Crippen molar-refractivity contribution < 1.29 is 27.2 Å². The number of carbonyl (C=O) groups is 2. The molecule has 0 aromatic carbocycles. The van der Waals surface area contributed by atoms with Crippen LogP contribution in [-0.2, 0) is 16.1 Å². The van der Waals surface area contributed by atoms with E-state index in [1.54, 1.807) is 30.0 Å².